The SMILES string of the molecule is CCOc1ccc(CC(=O)NCc2ccccc2-c2ccsc2)cc1. The molecule has 0 bridgehead atoms. The number of nitrogens with one attached hydrogen (secondary N) is 1. The van der Waals surface area contributed by atoms with Crippen LogP contribution in [-0.4, -0.2) is 12.5 Å². The summed E-state index contributed by atoms with van der Waals surface area (Å²) in [5.41, 5.74) is 4.47. The first kappa shape index (κ1) is 17.2. The van der Waals surface area contributed by atoms with Crippen molar-refractivity contribution in [2.24, 2.45) is 0 Å². The molecule has 0 saturated carbocycles. The van der Waals surface area contributed by atoms with Crippen molar-refractivity contribution < 1.29 is 9.53 Å². The molecule has 25 heavy (non-hydrogen) atoms. The van der Waals surface area contributed by atoms with E-state index >= 15 is 0 Å². The first-order chi connectivity index (χ1) is 12.3. The Bertz CT molecular complexity index is 810. The van der Waals surface area contributed by atoms with Crippen LogP contribution in [0.2, 0.25) is 0 Å². The van der Waals surface area contributed by atoms with Gasteiger partial charge in [-0.3, -0.25) is 4.79 Å². The van der Waals surface area contributed by atoms with Gasteiger partial charge in [0.15, 0.2) is 0 Å². The summed E-state index contributed by atoms with van der Waals surface area (Å²) in [5, 5.41) is 7.21. The van der Waals surface area contributed by atoms with Gasteiger partial charge >= 0.3 is 0 Å². The largest absolute Gasteiger partial charge is 0.494 e. The highest BCUT2D eigenvalue weighted by molar-refractivity contribution is 7.08. The molecule has 3 rings (SSSR count). The fourth-order valence-electron chi connectivity index (χ4n) is 2.69. The van der Waals surface area contributed by atoms with Crippen LogP contribution in [0.5, 0.6) is 5.75 Å². The van der Waals surface area contributed by atoms with E-state index in [1.807, 2.05) is 43.3 Å². The Morgan fingerprint density at radius 1 is 1.08 bits per heavy atom. The maximum Gasteiger partial charge on any atom is 0.224 e. The molecule has 1 N–H and O–H groups in total. The van der Waals surface area contributed by atoms with Crippen LogP contribution in [0, 0.1) is 0 Å². The zero-order valence-electron chi connectivity index (χ0n) is 14.2. The maximum absolute atomic E-state index is 12.3. The molecule has 2 aromatic carbocycles. The lowest BCUT2D eigenvalue weighted by Crippen LogP contribution is -2.24. The number of amides is 1. The Morgan fingerprint density at radius 2 is 1.88 bits per heavy atom. The Balaban J connectivity index is 1.59. The van der Waals surface area contributed by atoms with Crippen molar-refractivity contribution in [3.63, 3.8) is 0 Å². The number of hydrogen-bond donors (Lipinski definition) is 1. The third kappa shape index (κ3) is 4.70. The van der Waals surface area contributed by atoms with Gasteiger partial charge in [0.05, 0.1) is 13.0 Å². The standard InChI is InChI=1S/C21H21NO2S/c1-2-24-19-9-7-16(8-10-19)13-21(23)22-14-17-5-3-4-6-20(17)18-11-12-25-15-18/h3-12,15H,2,13-14H2,1H3,(H,22,23). The normalized spacial score (nSPS) is 10.4. The lowest BCUT2D eigenvalue weighted by atomic mass is 10.0. The molecule has 4 heteroatoms. The van der Waals surface area contributed by atoms with E-state index in [9.17, 15) is 4.79 Å². The van der Waals surface area contributed by atoms with Gasteiger partial charge < -0.3 is 10.1 Å². The summed E-state index contributed by atoms with van der Waals surface area (Å²) in [4.78, 5) is 12.3. The van der Waals surface area contributed by atoms with Gasteiger partial charge in [0.1, 0.15) is 5.75 Å². The van der Waals surface area contributed by atoms with E-state index in [0.29, 0.717) is 19.6 Å². The van der Waals surface area contributed by atoms with E-state index in [0.717, 1.165) is 16.9 Å². The first-order valence-electron chi connectivity index (χ1n) is 8.35. The highest BCUT2D eigenvalue weighted by Crippen LogP contribution is 2.25. The second-order valence-electron chi connectivity index (χ2n) is 5.70. The molecule has 1 heterocycles. The van der Waals surface area contributed by atoms with E-state index < -0.39 is 0 Å². The highest BCUT2D eigenvalue weighted by atomic mass is 32.1. The molecule has 3 aromatic rings. The van der Waals surface area contributed by atoms with Gasteiger partial charge in [-0.1, -0.05) is 36.4 Å². The summed E-state index contributed by atoms with van der Waals surface area (Å²) in [5.74, 6) is 0.848. The van der Waals surface area contributed by atoms with Crippen LogP contribution in [0.1, 0.15) is 18.1 Å². The molecule has 128 valence electrons. The van der Waals surface area contributed by atoms with E-state index in [1.165, 1.54) is 11.1 Å². The Labute approximate surface area is 152 Å². The molecular formula is C21H21NO2S. The average Bonchev–Trinajstić information content (AvgIpc) is 3.17. The molecule has 1 aromatic heterocycles. The smallest absolute Gasteiger partial charge is 0.224 e. The van der Waals surface area contributed by atoms with Crippen molar-refractivity contribution in [3.8, 4) is 16.9 Å². The summed E-state index contributed by atoms with van der Waals surface area (Å²) >= 11 is 1.68. The average molecular weight is 351 g/mol. The Kier molecular flexibility index (Phi) is 5.86. The maximum atomic E-state index is 12.3. The number of carbonyl (C=O) groups excluding carboxylic acids is 1. The third-order valence-corrected chi connectivity index (χ3v) is 4.61. The van der Waals surface area contributed by atoms with Gasteiger partial charge in [-0.05, 0) is 58.1 Å². The van der Waals surface area contributed by atoms with Gasteiger partial charge in [-0.25, -0.2) is 0 Å². The fourth-order valence-corrected chi connectivity index (χ4v) is 3.34. The molecule has 0 atom stereocenters. The molecule has 3 nitrogen and oxygen atoms in total. The van der Waals surface area contributed by atoms with Crippen molar-refractivity contribution in [2.45, 2.75) is 19.9 Å². The van der Waals surface area contributed by atoms with Crippen molar-refractivity contribution in [1.29, 1.82) is 0 Å². The van der Waals surface area contributed by atoms with Crippen LogP contribution >= 0.6 is 11.3 Å². The van der Waals surface area contributed by atoms with Gasteiger partial charge in [-0.2, -0.15) is 11.3 Å². The molecule has 0 radical (unpaired) electrons. The second kappa shape index (κ2) is 8.49. The zero-order valence-corrected chi connectivity index (χ0v) is 15.0. The van der Waals surface area contributed by atoms with E-state index in [1.54, 1.807) is 11.3 Å². The lowest BCUT2D eigenvalue weighted by molar-refractivity contribution is -0.120. The molecular weight excluding hydrogens is 330 g/mol. The third-order valence-electron chi connectivity index (χ3n) is 3.92. The van der Waals surface area contributed by atoms with Crippen LogP contribution in [0.3, 0.4) is 0 Å². The minimum Gasteiger partial charge on any atom is -0.494 e. The molecule has 0 aliphatic rings. The number of rotatable bonds is 7. The summed E-state index contributed by atoms with van der Waals surface area (Å²) in [6, 6.07) is 18.0. The monoisotopic (exact) mass is 351 g/mol. The van der Waals surface area contributed by atoms with Crippen LogP contribution in [-0.2, 0) is 17.8 Å². The van der Waals surface area contributed by atoms with Gasteiger partial charge in [0.25, 0.3) is 0 Å². The van der Waals surface area contributed by atoms with Crippen molar-refractivity contribution in [2.75, 3.05) is 6.61 Å². The molecule has 0 aliphatic carbocycles. The van der Waals surface area contributed by atoms with Crippen LogP contribution < -0.4 is 10.1 Å². The molecule has 0 aliphatic heterocycles. The van der Waals surface area contributed by atoms with Gasteiger partial charge in [-0.15, -0.1) is 0 Å². The van der Waals surface area contributed by atoms with Crippen LogP contribution in [0.25, 0.3) is 11.1 Å². The number of ether oxygens (including phenoxy) is 1. The predicted octanol–water partition coefficient (Wildman–Crippen LogP) is 4.67. The van der Waals surface area contributed by atoms with Crippen molar-refractivity contribution in [3.05, 3.63) is 76.5 Å². The summed E-state index contributed by atoms with van der Waals surface area (Å²) in [6.45, 7) is 3.13. The zero-order chi connectivity index (χ0) is 17.5. The second-order valence-corrected chi connectivity index (χ2v) is 6.48. The summed E-state index contributed by atoms with van der Waals surface area (Å²) in [6.07, 6.45) is 0.368. The minimum atomic E-state index is 0.0179. The van der Waals surface area contributed by atoms with Gasteiger partial charge in [0, 0.05) is 6.54 Å². The number of thiophene rings is 1. The number of carbonyl (C=O) groups is 1. The summed E-state index contributed by atoms with van der Waals surface area (Å²) < 4.78 is 5.42. The Morgan fingerprint density at radius 3 is 2.60 bits per heavy atom. The van der Waals surface area contributed by atoms with E-state index in [-0.39, 0.29) is 5.91 Å². The predicted molar refractivity (Wildman–Crippen MR) is 103 cm³/mol. The quantitative estimate of drug-likeness (QED) is 0.671. The Hall–Kier alpha value is -2.59. The number of hydrogen-bond acceptors (Lipinski definition) is 3. The highest BCUT2D eigenvalue weighted by Gasteiger charge is 2.08. The topological polar surface area (TPSA) is 38.3 Å². The fraction of sp³-hybridized carbons (Fsp3) is 0.190. The molecule has 0 spiro atoms. The van der Waals surface area contributed by atoms with Crippen molar-refractivity contribution in [1.82, 2.24) is 5.32 Å². The molecule has 1 amide bonds. The first-order valence-corrected chi connectivity index (χ1v) is 9.29. The number of benzene rings is 2. The molecule has 0 fully saturated rings. The molecule has 0 unspecified atom stereocenters. The minimum absolute atomic E-state index is 0.0179. The van der Waals surface area contributed by atoms with Crippen molar-refractivity contribution >= 4 is 17.2 Å². The van der Waals surface area contributed by atoms with Crippen LogP contribution in [0.15, 0.2) is 65.4 Å². The van der Waals surface area contributed by atoms with Gasteiger partial charge in [0.2, 0.25) is 5.91 Å². The van der Waals surface area contributed by atoms with E-state index in [4.69, 9.17) is 4.74 Å². The molecule has 0 saturated heterocycles. The lowest BCUT2D eigenvalue weighted by Gasteiger charge is -2.10. The van der Waals surface area contributed by atoms with Crippen LogP contribution in [0.4, 0.5) is 0 Å². The van der Waals surface area contributed by atoms with E-state index in [2.05, 4.69) is 34.3 Å². The summed E-state index contributed by atoms with van der Waals surface area (Å²) in [7, 11) is 0.